The number of nitrogens with zero attached hydrogens (tertiary/aromatic N) is 8. The first-order valence-corrected chi connectivity index (χ1v) is 22.1. The number of imidazole rings is 1. The molecule has 0 N–H and O–H groups in total. The van der Waals surface area contributed by atoms with Gasteiger partial charge in [-0.3, -0.25) is 9.13 Å². The zero-order valence-electron chi connectivity index (χ0n) is 35.5. The van der Waals surface area contributed by atoms with Crippen molar-refractivity contribution in [2.24, 2.45) is 0 Å². The van der Waals surface area contributed by atoms with Gasteiger partial charge in [-0.25, -0.2) is 19.9 Å². The second-order valence-corrected chi connectivity index (χ2v) is 16.4. The van der Waals surface area contributed by atoms with E-state index in [1.807, 2.05) is 60.7 Å². The number of fused-ring (bicyclic) bond motifs is 6. The Kier molecular flexibility index (Phi) is 8.67. The molecule has 66 heavy (non-hydrogen) atoms. The molecular formula is C58H38N8. The number of hydrogen-bond donors (Lipinski definition) is 0. The van der Waals surface area contributed by atoms with E-state index in [0.29, 0.717) is 17.5 Å². The van der Waals surface area contributed by atoms with Crippen molar-refractivity contribution in [1.82, 2.24) is 29.1 Å². The van der Waals surface area contributed by atoms with Crippen LogP contribution in [0, 0.1) is 0 Å². The molecule has 1 aliphatic heterocycles. The van der Waals surface area contributed by atoms with Crippen molar-refractivity contribution >= 4 is 67.0 Å². The molecule has 12 aromatic rings. The average molecular weight is 847 g/mol. The quantitative estimate of drug-likeness (QED) is 0.159. The van der Waals surface area contributed by atoms with Crippen molar-refractivity contribution in [3.8, 4) is 45.8 Å². The van der Waals surface area contributed by atoms with Gasteiger partial charge >= 0.3 is 0 Å². The van der Waals surface area contributed by atoms with Crippen LogP contribution >= 0.6 is 0 Å². The number of benzene rings is 9. The maximum Gasteiger partial charge on any atom is 0.220 e. The summed E-state index contributed by atoms with van der Waals surface area (Å²) in [5.74, 6) is 2.62. The summed E-state index contributed by atoms with van der Waals surface area (Å²) in [7, 11) is 0. The highest BCUT2D eigenvalue weighted by Crippen LogP contribution is 2.55. The summed E-state index contributed by atoms with van der Waals surface area (Å²) in [4.78, 5) is 25.4. The predicted octanol–water partition coefficient (Wildman–Crippen LogP) is 14.6. The molecule has 8 heteroatoms. The fourth-order valence-corrected chi connectivity index (χ4v) is 9.50. The largest absolute Gasteiger partial charge is 0.306 e. The maximum absolute atomic E-state index is 5.64. The molecule has 0 radical (unpaired) electrons. The lowest BCUT2D eigenvalue weighted by Gasteiger charge is -2.40. The lowest BCUT2D eigenvalue weighted by atomic mass is 10.0. The molecule has 0 spiro atoms. The number of para-hydroxylation sites is 6. The minimum absolute atomic E-state index is 0.597. The zero-order chi connectivity index (χ0) is 43.6. The molecule has 9 aromatic carbocycles. The normalized spacial score (nSPS) is 12.2. The summed E-state index contributed by atoms with van der Waals surface area (Å²) in [5, 5.41) is 2.33. The monoisotopic (exact) mass is 846 g/mol. The van der Waals surface area contributed by atoms with Crippen LogP contribution in [0.5, 0.6) is 0 Å². The Labute approximate surface area is 380 Å². The minimum atomic E-state index is 0.597. The van der Waals surface area contributed by atoms with Crippen LogP contribution in [0.15, 0.2) is 231 Å². The SMILES string of the molecule is c1ccc(-c2nc(-c3ccccc3)nc(-c3ccc(-n4c(-n5c6ccccc6c6ccccc65)nc5cc6c(cc54)N(c4ccccc4)c4ccccc4N6c4ccccc4)cc3)n2)cc1. The molecule has 0 fully saturated rings. The molecule has 3 aromatic heterocycles. The van der Waals surface area contributed by atoms with Crippen molar-refractivity contribution in [2.75, 3.05) is 9.80 Å². The fourth-order valence-electron chi connectivity index (χ4n) is 9.50. The first kappa shape index (κ1) is 37.4. The molecule has 0 saturated heterocycles. The van der Waals surface area contributed by atoms with Gasteiger partial charge in [0.25, 0.3) is 0 Å². The molecule has 0 atom stereocenters. The Balaban J connectivity index is 1.07. The van der Waals surface area contributed by atoms with Crippen molar-refractivity contribution in [3.05, 3.63) is 231 Å². The van der Waals surface area contributed by atoms with Crippen molar-refractivity contribution in [2.45, 2.75) is 0 Å². The van der Waals surface area contributed by atoms with Gasteiger partial charge in [0.05, 0.1) is 44.8 Å². The molecule has 0 saturated carbocycles. The molecule has 1 aliphatic rings. The van der Waals surface area contributed by atoms with Crippen LogP contribution in [0.3, 0.4) is 0 Å². The molecule has 0 unspecified atom stereocenters. The second-order valence-electron chi connectivity index (χ2n) is 16.4. The summed E-state index contributed by atoms with van der Waals surface area (Å²) in [6.07, 6.45) is 0. The van der Waals surface area contributed by atoms with E-state index in [9.17, 15) is 0 Å². The Morgan fingerprint density at radius 2 is 0.682 bits per heavy atom. The highest BCUT2D eigenvalue weighted by Gasteiger charge is 2.32. The molecular weight excluding hydrogens is 809 g/mol. The average Bonchev–Trinajstić information content (AvgIpc) is 3.93. The van der Waals surface area contributed by atoms with Gasteiger partial charge in [-0.2, -0.15) is 0 Å². The van der Waals surface area contributed by atoms with E-state index in [1.54, 1.807) is 0 Å². The van der Waals surface area contributed by atoms with E-state index in [0.717, 1.165) is 84.5 Å². The summed E-state index contributed by atoms with van der Waals surface area (Å²) in [6, 6.07) is 80.3. The van der Waals surface area contributed by atoms with E-state index in [4.69, 9.17) is 19.9 Å². The number of anilines is 6. The van der Waals surface area contributed by atoms with Crippen LogP contribution < -0.4 is 9.80 Å². The Bertz CT molecular complexity index is 3640. The minimum Gasteiger partial charge on any atom is -0.306 e. The number of aromatic nitrogens is 6. The second kappa shape index (κ2) is 15.3. The third-order valence-corrected chi connectivity index (χ3v) is 12.5. The summed E-state index contributed by atoms with van der Waals surface area (Å²) in [5.41, 5.74) is 14.0. The highest BCUT2D eigenvalue weighted by molar-refractivity contribution is 6.10. The molecule has 0 amide bonds. The smallest absolute Gasteiger partial charge is 0.220 e. The third kappa shape index (κ3) is 6.07. The van der Waals surface area contributed by atoms with Gasteiger partial charge in [0.15, 0.2) is 17.5 Å². The van der Waals surface area contributed by atoms with Crippen LogP contribution in [0.2, 0.25) is 0 Å². The number of rotatable bonds is 7. The molecule has 0 bridgehead atoms. The maximum atomic E-state index is 5.64. The summed E-state index contributed by atoms with van der Waals surface area (Å²) in [6.45, 7) is 0. The fraction of sp³-hybridized carbons (Fsp3) is 0. The van der Waals surface area contributed by atoms with Crippen LogP contribution in [-0.4, -0.2) is 29.1 Å². The van der Waals surface area contributed by atoms with E-state index in [-0.39, 0.29) is 0 Å². The highest BCUT2D eigenvalue weighted by atomic mass is 15.3. The van der Waals surface area contributed by atoms with Gasteiger partial charge in [0, 0.05) is 44.5 Å². The van der Waals surface area contributed by atoms with E-state index < -0.39 is 0 Å². The first-order chi connectivity index (χ1) is 32.7. The lowest BCUT2D eigenvalue weighted by Crippen LogP contribution is -2.24. The van der Waals surface area contributed by atoms with Crippen molar-refractivity contribution in [1.29, 1.82) is 0 Å². The lowest BCUT2D eigenvalue weighted by molar-refractivity contribution is 0.955. The Morgan fingerprint density at radius 1 is 0.273 bits per heavy atom. The van der Waals surface area contributed by atoms with Crippen LogP contribution in [-0.2, 0) is 0 Å². The zero-order valence-corrected chi connectivity index (χ0v) is 35.5. The van der Waals surface area contributed by atoms with Crippen LogP contribution in [0.4, 0.5) is 34.1 Å². The third-order valence-electron chi connectivity index (χ3n) is 12.5. The molecule has 13 rings (SSSR count). The summed E-state index contributed by atoms with van der Waals surface area (Å²) >= 11 is 0. The van der Waals surface area contributed by atoms with Gasteiger partial charge in [0.2, 0.25) is 5.95 Å². The standard InChI is InChI=1S/C58H38N8/c1-5-19-39(20-6-1)55-60-56(40-21-7-2-8-22-40)62-57(61-55)41-33-35-44(36-34-41)65-52-38-54-53(37-47(52)59-58(65)66-48-29-15-13-27-45(48)46-28-14-16-30-49(46)66)63(42-23-9-3-10-24-42)50-31-17-18-32-51(50)64(54)43-25-11-4-12-26-43/h1-38H. The first-order valence-electron chi connectivity index (χ1n) is 22.1. The number of hydrogen-bond acceptors (Lipinski definition) is 6. The molecule has 0 aliphatic carbocycles. The van der Waals surface area contributed by atoms with Gasteiger partial charge in [0.1, 0.15) is 0 Å². The Morgan fingerprint density at radius 3 is 1.18 bits per heavy atom. The van der Waals surface area contributed by atoms with E-state index >= 15 is 0 Å². The summed E-state index contributed by atoms with van der Waals surface area (Å²) < 4.78 is 4.60. The molecule has 8 nitrogen and oxygen atoms in total. The topological polar surface area (TPSA) is 67.9 Å². The van der Waals surface area contributed by atoms with Gasteiger partial charge in [-0.15, -0.1) is 0 Å². The van der Waals surface area contributed by atoms with Crippen molar-refractivity contribution < 1.29 is 0 Å². The van der Waals surface area contributed by atoms with Crippen LogP contribution in [0.25, 0.3) is 78.6 Å². The van der Waals surface area contributed by atoms with Gasteiger partial charge in [-0.05, 0) is 84.9 Å². The van der Waals surface area contributed by atoms with E-state index in [1.165, 1.54) is 10.8 Å². The van der Waals surface area contributed by atoms with Gasteiger partial charge < -0.3 is 9.80 Å². The van der Waals surface area contributed by atoms with Crippen LogP contribution in [0.1, 0.15) is 0 Å². The molecule has 4 heterocycles. The van der Waals surface area contributed by atoms with E-state index in [2.05, 4.69) is 189 Å². The predicted molar refractivity (Wildman–Crippen MR) is 268 cm³/mol. The Hall–Kier alpha value is -9.14. The molecule has 310 valence electrons. The van der Waals surface area contributed by atoms with Crippen molar-refractivity contribution in [3.63, 3.8) is 0 Å². The van der Waals surface area contributed by atoms with Gasteiger partial charge in [-0.1, -0.05) is 146 Å².